The first-order chi connectivity index (χ1) is 10.1. The van der Waals surface area contributed by atoms with Crippen molar-refractivity contribution in [2.24, 2.45) is 14.1 Å². The minimum Gasteiger partial charge on any atom is -0.346 e. The van der Waals surface area contributed by atoms with Gasteiger partial charge in [-0.3, -0.25) is 9.36 Å². The van der Waals surface area contributed by atoms with Crippen LogP contribution < -0.4 is 21.5 Å². The van der Waals surface area contributed by atoms with Crippen molar-refractivity contribution in [2.75, 3.05) is 18.0 Å². The van der Waals surface area contributed by atoms with E-state index in [1.54, 1.807) is 7.05 Å². The summed E-state index contributed by atoms with van der Waals surface area (Å²) < 4.78 is 2.40. The third-order valence-corrected chi connectivity index (χ3v) is 4.69. The first kappa shape index (κ1) is 14.3. The summed E-state index contributed by atoms with van der Waals surface area (Å²) in [6.45, 7) is 1.89. The highest BCUT2D eigenvalue weighted by atomic mass is 16.2. The Kier molecular flexibility index (Phi) is 3.84. The number of rotatable bonds is 2. The highest BCUT2D eigenvalue weighted by Gasteiger charge is 2.34. The third kappa shape index (κ3) is 2.50. The van der Waals surface area contributed by atoms with Crippen LogP contribution in [0.5, 0.6) is 0 Å². The van der Waals surface area contributed by atoms with Gasteiger partial charge in [0.1, 0.15) is 0 Å². The summed E-state index contributed by atoms with van der Waals surface area (Å²) in [4.78, 5) is 26.3. The van der Waals surface area contributed by atoms with Gasteiger partial charge in [0.15, 0.2) is 0 Å². The number of piperidine rings is 1. The van der Waals surface area contributed by atoms with Crippen molar-refractivity contribution in [3.8, 4) is 0 Å². The quantitative estimate of drug-likeness (QED) is 0.802. The van der Waals surface area contributed by atoms with Crippen LogP contribution in [0, 0.1) is 0 Å². The van der Waals surface area contributed by atoms with E-state index in [1.807, 2.05) is 0 Å². The van der Waals surface area contributed by atoms with Crippen LogP contribution in [0.4, 0.5) is 5.82 Å². The van der Waals surface area contributed by atoms with E-state index in [2.05, 4.69) is 15.3 Å². The van der Waals surface area contributed by atoms with Gasteiger partial charge in [0.05, 0.1) is 0 Å². The van der Waals surface area contributed by atoms with Gasteiger partial charge in [-0.05, 0) is 38.6 Å². The standard InChI is InChI=1S/C14H23N5O2/c1-17-13(20)12(16-18(2)14(17)21)19-9-4-3-7-11(19)10-6-5-8-15-10/h10-11,15H,3-9H2,1-2H3. The fourth-order valence-corrected chi connectivity index (χ4v) is 3.54. The summed E-state index contributed by atoms with van der Waals surface area (Å²) in [5.74, 6) is 0.415. The van der Waals surface area contributed by atoms with Crippen molar-refractivity contribution in [1.29, 1.82) is 0 Å². The second-order valence-corrected chi connectivity index (χ2v) is 6.05. The van der Waals surface area contributed by atoms with Gasteiger partial charge in [0.25, 0.3) is 5.56 Å². The van der Waals surface area contributed by atoms with Gasteiger partial charge >= 0.3 is 5.69 Å². The van der Waals surface area contributed by atoms with E-state index in [0.717, 1.165) is 36.9 Å². The van der Waals surface area contributed by atoms with Crippen LogP contribution in [0.2, 0.25) is 0 Å². The second-order valence-electron chi connectivity index (χ2n) is 6.05. The number of hydrogen-bond donors (Lipinski definition) is 1. The molecule has 1 N–H and O–H groups in total. The smallest absolute Gasteiger partial charge is 0.346 e. The van der Waals surface area contributed by atoms with Gasteiger partial charge in [0, 0.05) is 32.7 Å². The largest absolute Gasteiger partial charge is 0.346 e. The van der Waals surface area contributed by atoms with Crippen molar-refractivity contribution < 1.29 is 0 Å². The molecular weight excluding hydrogens is 270 g/mol. The third-order valence-electron chi connectivity index (χ3n) is 4.69. The van der Waals surface area contributed by atoms with Crippen LogP contribution in [-0.4, -0.2) is 39.5 Å². The van der Waals surface area contributed by atoms with Crippen molar-refractivity contribution >= 4 is 5.82 Å². The molecule has 0 spiro atoms. The molecule has 7 heteroatoms. The van der Waals surface area contributed by atoms with Crippen molar-refractivity contribution in [2.45, 2.75) is 44.2 Å². The summed E-state index contributed by atoms with van der Waals surface area (Å²) in [6, 6.07) is 0.730. The van der Waals surface area contributed by atoms with Gasteiger partial charge in [-0.15, -0.1) is 5.10 Å². The minimum atomic E-state index is -0.378. The molecule has 0 radical (unpaired) electrons. The van der Waals surface area contributed by atoms with Crippen LogP contribution in [0.15, 0.2) is 9.59 Å². The molecule has 21 heavy (non-hydrogen) atoms. The fourth-order valence-electron chi connectivity index (χ4n) is 3.54. The number of anilines is 1. The Morgan fingerprint density at radius 2 is 1.95 bits per heavy atom. The van der Waals surface area contributed by atoms with Gasteiger partial charge in [-0.25, -0.2) is 9.48 Å². The highest BCUT2D eigenvalue weighted by molar-refractivity contribution is 5.38. The van der Waals surface area contributed by atoms with Gasteiger partial charge in [-0.2, -0.15) is 0 Å². The molecule has 0 aliphatic carbocycles. The molecule has 0 amide bonds. The van der Waals surface area contributed by atoms with Crippen LogP contribution in [0.25, 0.3) is 0 Å². The van der Waals surface area contributed by atoms with Gasteiger partial charge in [-0.1, -0.05) is 0 Å². The fraction of sp³-hybridized carbons (Fsp3) is 0.786. The van der Waals surface area contributed by atoms with Crippen LogP contribution in [0.1, 0.15) is 32.1 Å². The first-order valence-corrected chi connectivity index (χ1v) is 7.74. The predicted octanol–water partition coefficient (Wildman–Crippen LogP) is -0.410. The van der Waals surface area contributed by atoms with E-state index in [9.17, 15) is 9.59 Å². The summed E-state index contributed by atoms with van der Waals surface area (Å²) >= 11 is 0. The summed E-state index contributed by atoms with van der Waals surface area (Å²) in [5.41, 5.74) is -0.667. The molecule has 0 aromatic carbocycles. The van der Waals surface area contributed by atoms with Gasteiger partial charge < -0.3 is 10.2 Å². The zero-order valence-corrected chi connectivity index (χ0v) is 12.7. The number of nitrogens with one attached hydrogen (secondary N) is 1. The molecule has 7 nitrogen and oxygen atoms in total. The highest BCUT2D eigenvalue weighted by Crippen LogP contribution is 2.26. The first-order valence-electron chi connectivity index (χ1n) is 7.74. The van der Waals surface area contributed by atoms with Crippen molar-refractivity contribution in [1.82, 2.24) is 19.7 Å². The molecule has 0 saturated carbocycles. The monoisotopic (exact) mass is 293 g/mol. The number of hydrogen-bond acceptors (Lipinski definition) is 5. The number of aromatic nitrogens is 3. The lowest BCUT2D eigenvalue weighted by molar-refractivity contribution is 0.371. The average molecular weight is 293 g/mol. The van der Waals surface area contributed by atoms with E-state index in [1.165, 1.54) is 24.6 Å². The Hall–Kier alpha value is -1.63. The van der Waals surface area contributed by atoms with Crippen LogP contribution in [-0.2, 0) is 14.1 Å². The van der Waals surface area contributed by atoms with E-state index < -0.39 is 0 Å². The number of aryl methyl sites for hydroxylation is 1. The van der Waals surface area contributed by atoms with Crippen molar-refractivity contribution in [3.63, 3.8) is 0 Å². The lowest BCUT2D eigenvalue weighted by Crippen LogP contribution is -2.54. The topological polar surface area (TPSA) is 72.2 Å². The summed E-state index contributed by atoms with van der Waals surface area (Å²) in [7, 11) is 3.11. The van der Waals surface area contributed by atoms with Crippen molar-refractivity contribution in [3.05, 3.63) is 20.8 Å². The normalized spacial score (nSPS) is 26.3. The molecule has 2 unspecified atom stereocenters. The molecule has 2 aliphatic heterocycles. The van der Waals surface area contributed by atoms with E-state index >= 15 is 0 Å². The maximum absolute atomic E-state index is 12.4. The minimum absolute atomic E-state index is 0.289. The number of nitrogens with zero attached hydrogens (tertiary/aromatic N) is 4. The van der Waals surface area contributed by atoms with Gasteiger partial charge in [0.2, 0.25) is 5.82 Å². The molecule has 1 aromatic heterocycles. The Balaban J connectivity index is 2.00. The van der Waals surface area contributed by atoms with Crippen LogP contribution in [0.3, 0.4) is 0 Å². The molecule has 1 aromatic rings. The van der Waals surface area contributed by atoms with E-state index in [4.69, 9.17) is 0 Å². The molecule has 116 valence electrons. The maximum Gasteiger partial charge on any atom is 0.346 e. The zero-order valence-electron chi connectivity index (χ0n) is 12.7. The molecule has 3 rings (SSSR count). The average Bonchev–Trinajstić information content (AvgIpc) is 3.03. The van der Waals surface area contributed by atoms with E-state index in [0.29, 0.717) is 17.9 Å². The Labute approximate surface area is 123 Å². The SMILES string of the molecule is Cn1nc(N2CCCCC2C2CCCN2)c(=O)n(C)c1=O. The molecule has 0 bridgehead atoms. The lowest BCUT2D eigenvalue weighted by Gasteiger charge is -2.39. The second kappa shape index (κ2) is 5.63. The molecule has 2 atom stereocenters. The molecular formula is C14H23N5O2. The Morgan fingerprint density at radius 3 is 2.67 bits per heavy atom. The molecule has 3 heterocycles. The zero-order chi connectivity index (χ0) is 15.0. The Bertz CT molecular complexity index is 629. The van der Waals surface area contributed by atoms with E-state index in [-0.39, 0.29) is 11.2 Å². The molecule has 2 fully saturated rings. The predicted molar refractivity (Wildman–Crippen MR) is 80.7 cm³/mol. The van der Waals surface area contributed by atoms with Crippen LogP contribution >= 0.6 is 0 Å². The maximum atomic E-state index is 12.4. The summed E-state index contributed by atoms with van der Waals surface area (Å²) in [5, 5.41) is 7.79. The molecule has 2 aliphatic rings. The summed E-state index contributed by atoms with van der Waals surface area (Å²) in [6.07, 6.45) is 5.66. The Morgan fingerprint density at radius 1 is 1.14 bits per heavy atom. The molecule has 2 saturated heterocycles. The lowest BCUT2D eigenvalue weighted by atomic mass is 9.94.